The molecule has 0 aliphatic carbocycles. The van der Waals surface area contributed by atoms with Gasteiger partial charge in [0.1, 0.15) is 12.1 Å². The Balaban J connectivity index is 2.53. The van der Waals surface area contributed by atoms with Crippen molar-refractivity contribution in [2.75, 3.05) is 11.4 Å². The van der Waals surface area contributed by atoms with Gasteiger partial charge in [-0.25, -0.2) is 14.8 Å². The van der Waals surface area contributed by atoms with Crippen LogP contribution in [0.5, 0.6) is 0 Å². The second-order valence-corrected chi connectivity index (χ2v) is 4.93. The van der Waals surface area contributed by atoms with E-state index in [0.717, 1.165) is 11.2 Å². The number of anilines is 1. The van der Waals surface area contributed by atoms with Crippen molar-refractivity contribution in [3.8, 4) is 6.07 Å². The average molecular weight is 284 g/mol. The van der Waals surface area contributed by atoms with Crippen LogP contribution >= 0.6 is 0 Å². The summed E-state index contributed by atoms with van der Waals surface area (Å²) >= 11 is 0. The number of nitrogens with zero attached hydrogens (tertiary/aromatic N) is 4. The molecule has 0 spiro atoms. The summed E-state index contributed by atoms with van der Waals surface area (Å²) in [5.74, 6) is -0.260. The van der Waals surface area contributed by atoms with Crippen molar-refractivity contribution in [2.24, 2.45) is 0 Å². The van der Waals surface area contributed by atoms with Crippen molar-refractivity contribution in [3.63, 3.8) is 0 Å². The van der Waals surface area contributed by atoms with Crippen molar-refractivity contribution >= 4 is 22.7 Å². The summed E-state index contributed by atoms with van der Waals surface area (Å²) in [6.07, 6.45) is 1.82. The molecule has 2 rings (SSSR count). The third kappa shape index (κ3) is 3.08. The molecular formula is C15H16N4O2. The van der Waals surface area contributed by atoms with E-state index < -0.39 is 5.97 Å². The first-order chi connectivity index (χ1) is 10.0. The summed E-state index contributed by atoms with van der Waals surface area (Å²) in [6.45, 7) is 4.62. The molecule has 0 amide bonds. The summed E-state index contributed by atoms with van der Waals surface area (Å²) in [4.78, 5) is 21.5. The van der Waals surface area contributed by atoms with Crippen LogP contribution in [0.2, 0.25) is 0 Å². The molecule has 0 radical (unpaired) electrons. The van der Waals surface area contributed by atoms with Crippen molar-refractivity contribution < 1.29 is 9.90 Å². The average Bonchev–Trinajstić information content (AvgIpc) is 2.46. The molecular weight excluding hydrogens is 268 g/mol. The molecule has 1 aromatic carbocycles. The quantitative estimate of drug-likeness (QED) is 0.907. The Bertz CT molecular complexity index is 706. The number of aromatic nitrogens is 2. The number of hydrogen-bond acceptors (Lipinski definition) is 5. The molecule has 0 fully saturated rings. The number of aromatic carboxylic acids is 1. The summed E-state index contributed by atoms with van der Waals surface area (Å²) in [7, 11) is 0. The summed E-state index contributed by atoms with van der Waals surface area (Å²) in [6, 6.07) is 7.10. The first-order valence-electron chi connectivity index (χ1n) is 6.66. The van der Waals surface area contributed by atoms with E-state index in [1.165, 1.54) is 12.4 Å². The minimum absolute atomic E-state index is 0.176. The number of hydrogen-bond donors (Lipinski definition) is 1. The van der Waals surface area contributed by atoms with Gasteiger partial charge in [0.2, 0.25) is 0 Å². The molecule has 1 aromatic heterocycles. The maximum atomic E-state index is 11.0. The second kappa shape index (κ2) is 6.18. The Morgan fingerprint density at radius 1 is 1.43 bits per heavy atom. The van der Waals surface area contributed by atoms with Gasteiger partial charge in [-0.1, -0.05) is 0 Å². The summed E-state index contributed by atoms with van der Waals surface area (Å²) < 4.78 is 0. The molecule has 21 heavy (non-hydrogen) atoms. The Kier molecular flexibility index (Phi) is 4.33. The molecule has 0 bridgehead atoms. The number of carbonyl (C=O) groups is 1. The van der Waals surface area contributed by atoms with Gasteiger partial charge in [0, 0.05) is 18.0 Å². The second-order valence-electron chi connectivity index (χ2n) is 4.93. The van der Waals surface area contributed by atoms with Crippen molar-refractivity contribution in [1.82, 2.24) is 9.97 Å². The Hall–Kier alpha value is -2.68. The van der Waals surface area contributed by atoms with Gasteiger partial charge < -0.3 is 10.0 Å². The molecule has 0 aliphatic rings. The molecule has 6 nitrogen and oxygen atoms in total. The number of carboxylic acids is 1. The van der Waals surface area contributed by atoms with Gasteiger partial charge in [-0.2, -0.15) is 5.26 Å². The zero-order chi connectivity index (χ0) is 15.4. The highest BCUT2D eigenvalue weighted by Gasteiger charge is 2.16. The van der Waals surface area contributed by atoms with Crippen LogP contribution in [-0.4, -0.2) is 33.6 Å². The zero-order valence-corrected chi connectivity index (χ0v) is 11.9. The lowest BCUT2D eigenvalue weighted by molar-refractivity contribution is 0.0697. The fourth-order valence-corrected chi connectivity index (χ4v) is 2.18. The van der Waals surface area contributed by atoms with E-state index in [4.69, 9.17) is 10.4 Å². The molecule has 0 unspecified atom stereocenters. The number of benzene rings is 1. The number of nitriles is 1. The maximum absolute atomic E-state index is 11.0. The topological polar surface area (TPSA) is 90.1 Å². The lowest BCUT2D eigenvalue weighted by atomic mass is 10.1. The van der Waals surface area contributed by atoms with Gasteiger partial charge >= 0.3 is 5.97 Å². The van der Waals surface area contributed by atoms with Crippen LogP contribution in [0.15, 0.2) is 24.5 Å². The first-order valence-corrected chi connectivity index (χ1v) is 6.66. The van der Waals surface area contributed by atoms with Crippen LogP contribution in [0.25, 0.3) is 10.9 Å². The summed E-state index contributed by atoms with van der Waals surface area (Å²) in [5.41, 5.74) is 0.780. The van der Waals surface area contributed by atoms with Crippen LogP contribution in [0, 0.1) is 11.3 Å². The van der Waals surface area contributed by atoms with E-state index in [-0.39, 0.29) is 11.6 Å². The normalized spacial score (nSPS) is 10.6. The molecule has 1 heterocycles. The molecule has 0 saturated carbocycles. The van der Waals surface area contributed by atoms with E-state index in [2.05, 4.69) is 16.0 Å². The SMILES string of the molecule is CC(C)N(CCC#N)c1ncnc2cc(C(=O)O)ccc12. The largest absolute Gasteiger partial charge is 0.478 e. The molecule has 2 aromatic rings. The Morgan fingerprint density at radius 2 is 2.19 bits per heavy atom. The first kappa shape index (κ1) is 14.7. The van der Waals surface area contributed by atoms with E-state index in [1.807, 2.05) is 18.7 Å². The van der Waals surface area contributed by atoms with Gasteiger partial charge in [0.25, 0.3) is 0 Å². The van der Waals surface area contributed by atoms with E-state index in [9.17, 15) is 4.79 Å². The van der Waals surface area contributed by atoms with Gasteiger partial charge in [0.05, 0.1) is 23.6 Å². The minimum atomic E-state index is -0.984. The highest BCUT2D eigenvalue weighted by atomic mass is 16.4. The Labute approximate surface area is 122 Å². The van der Waals surface area contributed by atoms with Crippen molar-refractivity contribution in [2.45, 2.75) is 26.3 Å². The van der Waals surface area contributed by atoms with E-state index in [0.29, 0.717) is 18.5 Å². The van der Waals surface area contributed by atoms with Crippen LogP contribution in [0.3, 0.4) is 0 Å². The van der Waals surface area contributed by atoms with Crippen molar-refractivity contribution in [3.05, 3.63) is 30.1 Å². The predicted molar refractivity (Wildman–Crippen MR) is 79.2 cm³/mol. The predicted octanol–water partition coefficient (Wildman–Crippen LogP) is 2.46. The van der Waals surface area contributed by atoms with Crippen LogP contribution < -0.4 is 4.90 Å². The minimum Gasteiger partial charge on any atom is -0.478 e. The lowest BCUT2D eigenvalue weighted by Crippen LogP contribution is -2.32. The van der Waals surface area contributed by atoms with Crippen LogP contribution in [0.4, 0.5) is 5.82 Å². The molecule has 108 valence electrons. The molecule has 0 atom stereocenters. The molecule has 0 aliphatic heterocycles. The zero-order valence-electron chi connectivity index (χ0n) is 11.9. The fourth-order valence-electron chi connectivity index (χ4n) is 2.18. The molecule has 6 heteroatoms. The number of fused-ring (bicyclic) bond motifs is 1. The summed E-state index contributed by atoms with van der Waals surface area (Å²) in [5, 5.41) is 18.6. The van der Waals surface area contributed by atoms with Crippen molar-refractivity contribution in [1.29, 1.82) is 5.26 Å². The smallest absolute Gasteiger partial charge is 0.335 e. The maximum Gasteiger partial charge on any atom is 0.335 e. The van der Waals surface area contributed by atoms with Crippen LogP contribution in [0.1, 0.15) is 30.6 Å². The fraction of sp³-hybridized carbons (Fsp3) is 0.333. The number of carboxylic acid groups (broad SMARTS) is 1. The van der Waals surface area contributed by atoms with Gasteiger partial charge in [-0.3, -0.25) is 0 Å². The number of rotatable bonds is 5. The van der Waals surface area contributed by atoms with Crippen LogP contribution in [-0.2, 0) is 0 Å². The Morgan fingerprint density at radius 3 is 2.81 bits per heavy atom. The third-order valence-corrected chi connectivity index (χ3v) is 3.22. The lowest BCUT2D eigenvalue weighted by Gasteiger charge is -2.27. The molecule has 0 saturated heterocycles. The highest BCUT2D eigenvalue weighted by molar-refractivity contribution is 5.96. The van der Waals surface area contributed by atoms with Gasteiger partial charge in [-0.15, -0.1) is 0 Å². The van der Waals surface area contributed by atoms with E-state index >= 15 is 0 Å². The van der Waals surface area contributed by atoms with E-state index in [1.54, 1.807) is 12.1 Å². The standard InChI is InChI=1S/C15H16N4O2/c1-10(2)19(7-3-6-16)14-12-5-4-11(15(20)21)8-13(12)17-9-18-14/h4-5,8-10H,3,7H2,1-2H3,(H,20,21). The van der Waals surface area contributed by atoms with Gasteiger partial charge in [0.15, 0.2) is 0 Å². The highest BCUT2D eigenvalue weighted by Crippen LogP contribution is 2.25. The monoisotopic (exact) mass is 284 g/mol. The third-order valence-electron chi connectivity index (χ3n) is 3.22. The molecule has 1 N–H and O–H groups in total. The van der Waals surface area contributed by atoms with Gasteiger partial charge in [-0.05, 0) is 32.0 Å².